The van der Waals surface area contributed by atoms with Gasteiger partial charge in [-0.25, -0.2) is 16.8 Å². The van der Waals surface area contributed by atoms with Crippen LogP contribution >= 0.6 is 0 Å². The van der Waals surface area contributed by atoms with Crippen molar-refractivity contribution in [3.8, 4) is 0 Å². The predicted molar refractivity (Wildman–Crippen MR) is 128 cm³/mol. The van der Waals surface area contributed by atoms with Crippen molar-refractivity contribution in [1.29, 1.82) is 0 Å². The van der Waals surface area contributed by atoms with Crippen LogP contribution in [-0.2, 0) is 24.8 Å². The Labute approximate surface area is 193 Å². The SMILES string of the molecule is CCN(CC)S(=O)(=O)c1ccc(C)c(NC(=O)CN2c3cccc4cccc(c34)S2(=O)=O)c1. The van der Waals surface area contributed by atoms with Crippen LogP contribution in [0.4, 0.5) is 11.4 Å². The molecule has 174 valence electrons. The first kappa shape index (κ1) is 23.2. The average Bonchev–Trinajstić information content (AvgIpc) is 2.99. The van der Waals surface area contributed by atoms with Crippen molar-refractivity contribution in [1.82, 2.24) is 4.31 Å². The molecule has 1 aliphatic rings. The molecule has 0 fully saturated rings. The quantitative estimate of drug-likeness (QED) is 0.551. The lowest BCUT2D eigenvalue weighted by atomic mass is 10.1. The molecule has 1 heterocycles. The van der Waals surface area contributed by atoms with Crippen LogP contribution in [0.15, 0.2) is 64.4 Å². The number of amides is 1. The van der Waals surface area contributed by atoms with Crippen molar-refractivity contribution in [2.45, 2.75) is 30.6 Å². The predicted octanol–water partition coefficient (Wildman–Crippen LogP) is 3.33. The van der Waals surface area contributed by atoms with Gasteiger partial charge in [0.25, 0.3) is 10.0 Å². The highest BCUT2D eigenvalue weighted by Gasteiger charge is 2.36. The maximum Gasteiger partial charge on any atom is 0.265 e. The summed E-state index contributed by atoms with van der Waals surface area (Å²) in [7, 11) is -7.58. The minimum atomic E-state index is -3.88. The van der Waals surface area contributed by atoms with Crippen molar-refractivity contribution in [3.63, 3.8) is 0 Å². The zero-order valence-corrected chi connectivity index (χ0v) is 20.2. The van der Waals surface area contributed by atoms with Crippen LogP contribution in [0.3, 0.4) is 0 Å². The molecule has 33 heavy (non-hydrogen) atoms. The summed E-state index contributed by atoms with van der Waals surface area (Å²) in [4.78, 5) is 13.1. The van der Waals surface area contributed by atoms with E-state index in [9.17, 15) is 21.6 Å². The smallest absolute Gasteiger partial charge is 0.265 e. The molecule has 1 aliphatic heterocycles. The highest BCUT2D eigenvalue weighted by molar-refractivity contribution is 7.93. The second-order valence-corrected chi connectivity index (χ2v) is 11.5. The Morgan fingerprint density at radius 2 is 1.70 bits per heavy atom. The maximum atomic E-state index is 13.1. The lowest BCUT2D eigenvalue weighted by Crippen LogP contribution is -2.35. The zero-order chi connectivity index (χ0) is 24.0. The summed E-state index contributed by atoms with van der Waals surface area (Å²) in [6.07, 6.45) is 0. The molecular formula is C23H25N3O5S2. The van der Waals surface area contributed by atoms with Gasteiger partial charge in [0.1, 0.15) is 6.54 Å². The van der Waals surface area contributed by atoms with Crippen LogP contribution in [0.1, 0.15) is 19.4 Å². The highest BCUT2D eigenvalue weighted by atomic mass is 32.2. The van der Waals surface area contributed by atoms with Gasteiger partial charge in [-0.3, -0.25) is 9.10 Å². The number of carbonyl (C=O) groups excluding carboxylic acids is 1. The Morgan fingerprint density at radius 1 is 1.03 bits per heavy atom. The molecule has 0 aromatic heterocycles. The maximum absolute atomic E-state index is 13.1. The summed E-state index contributed by atoms with van der Waals surface area (Å²) in [6, 6.07) is 14.8. The van der Waals surface area contributed by atoms with E-state index in [1.807, 2.05) is 12.1 Å². The molecule has 4 rings (SSSR count). The van der Waals surface area contributed by atoms with Gasteiger partial charge in [-0.1, -0.05) is 44.2 Å². The van der Waals surface area contributed by atoms with Gasteiger partial charge in [0.2, 0.25) is 15.9 Å². The standard InChI is InChI=1S/C23H25N3O5S2/c1-4-25(5-2)32(28,29)18-13-12-16(3)19(14-18)24-22(27)15-26-20-10-6-8-17-9-7-11-21(23(17)20)33(26,30)31/h6-14H,4-5,15H2,1-3H3,(H,24,27). The number of nitrogens with zero attached hydrogens (tertiary/aromatic N) is 2. The summed E-state index contributed by atoms with van der Waals surface area (Å²) >= 11 is 0. The second-order valence-electron chi connectivity index (χ2n) is 7.76. The third-order valence-electron chi connectivity index (χ3n) is 5.79. The van der Waals surface area contributed by atoms with Crippen molar-refractivity contribution in [2.75, 3.05) is 29.3 Å². The van der Waals surface area contributed by atoms with E-state index in [4.69, 9.17) is 0 Å². The van der Waals surface area contributed by atoms with E-state index in [1.165, 1.54) is 22.5 Å². The number of hydrogen-bond donors (Lipinski definition) is 1. The van der Waals surface area contributed by atoms with Crippen LogP contribution in [0, 0.1) is 6.92 Å². The molecular weight excluding hydrogens is 462 g/mol. The summed E-state index contributed by atoms with van der Waals surface area (Å²) in [5.74, 6) is -0.566. The number of carbonyl (C=O) groups is 1. The number of sulfonamides is 2. The Kier molecular flexibility index (Phi) is 5.94. The molecule has 3 aromatic carbocycles. The number of anilines is 2. The number of hydrogen-bond acceptors (Lipinski definition) is 5. The van der Waals surface area contributed by atoms with Gasteiger partial charge in [0.05, 0.1) is 15.5 Å². The van der Waals surface area contributed by atoms with E-state index < -0.39 is 32.5 Å². The molecule has 10 heteroatoms. The van der Waals surface area contributed by atoms with Crippen molar-refractivity contribution in [3.05, 3.63) is 60.2 Å². The van der Waals surface area contributed by atoms with Crippen molar-refractivity contribution in [2.24, 2.45) is 0 Å². The van der Waals surface area contributed by atoms with E-state index in [0.717, 1.165) is 9.69 Å². The van der Waals surface area contributed by atoms with Gasteiger partial charge in [-0.15, -0.1) is 0 Å². The Hall–Kier alpha value is -2.95. The topological polar surface area (TPSA) is 104 Å². The van der Waals surface area contributed by atoms with Crippen molar-refractivity contribution < 1.29 is 21.6 Å². The van der Waals surface area contributed by atoms with E-state index in [1.54, 1.807) is 45.0 Å². The van der Waals surface area contributed by atoms with E-state index >= 15 is 0 Å². The lowest BCUT2D eigenvalue weighted by Gasteiger charge is -2.20. The molecule has 8 nitrogen and oxygen atoms in total. The van der Waals surface area contributed by atoms with E-state index in [-0.39, 0.29) is 9.79 Å². The largest absolute Gasteiger partial charge is 0.324 e. The molecule has 0 radical (unpaired) electrons. The minimum Gasteiger partial charge on any atom is -0.324 e. The molecule has 0 saturated carbocycles. The molecule has 3 aromatic rings. The van der Waals surface area contributed by atoms with Crippen LogP contribution in [0.5, 0.6) is 0 Å². The summed E-state index contributed by atoms with van der Waals surface area (Å²) in [5.41, 5.74) is 1.44. The normalized spacial score (nSPS) is 14.7. The number of rotatable bonds is 7. The monoisotopic (exact) mass is 487 g/mol. The van der Waals surface area contributed by atoms with Crippen molar-refractivity contribution >= 4 is 48.1 Å². The highest BCUT2D eigenvalue weighted by Crippen LogP contribution is 2.41. The number of nitrogens with one attached hydrogen (secondary N) is 1. The van der Waals surface area contributed by atoms with Gasteiger partial charge in [-0.2, -0.15) is 4.31 Å². The Morgan fingerprint density at radius 3 is 2.36 bits per heavy atom. The first-order chi connectivity index (χ1) is 15.6. The molecule has 1 N–H and O–H groups in total. The van der Waals surface area contributed by atoms with E-state index in [2.05, 4.69) is 5.32 Å². The third-order valence-corrected chi connectivity index (χ3v) is 9.64. The molecule has 0 atom stereocenters. The number of benzene rings is 3. The molecule has 0 bridgehead atoms. The third kappa shape index (κ3) is 3.88. The fraction of sp³-hybridized carbons (Fsp3) is 0.261. The first-order valence-electron chi connectivity index (χ1n) is 10.6. The zero-order valence-electron chi connectivity index (χ0n) is 18.6. The van der Waals surface area contributed by atoms with Gasteiger partial charge >= 0.3 is 0 Å². The van der Waals surface area contributed by atoms with Crippen LogP contribution in [-0.4, -0.2) is 46.7 Å². The molecule has 0 spiro atoms. The van der Waals surface area contributed by atoms with Gasteiger partial charge in [0, 0.05) is 24.2 Å². The van der Waals surface area contributed by atoms with Gasteiger partial charge in [-0.05, 0) is 42.1 Å². The summed E-state index contributed by atoms with van der Waals surface area (Å²) in [6.45, 7) is 5.48. The first-order valence-corrected chi connectivity index (χ1v) is 13.4. The second kappa shape index (κ2) is 8.44. The minimum absolute atomic E-state index is 0.0677. The molecule has 0 saturated heterocycles. The fourth-order valence-electron chi connectivity index (χ4n) is 4.06. The Balaban J connectivity index is 1.63. The van der Waals surface area contributed by atoms with E-state index in [0.29, 0.717) is 35.4 Å². The lowest BCUT2D eigenvalue weighted by molar-refractivity contribution is -0.114. The van der Waals surface area contributed by atoms with Crippen LogP contribution in [0.2, 0.25) is 0 Å². The van der Waals surface area contributed by atoms with Crippen LogP contribution < -0.4 is 9.62 Å². The summed E-state index contributed by atoms with van der Waals surface area (Å²) < 4.78 is 54.4. The molecule has 1 amide bonds. The average molecular weight is 488 g/mol. The number of aryl methyl sites for hydroxylation is 1. The van der Waals surface area contributed by atoms with Gasteiger partial charge in [0.15, 0.2) is 0 Å². The van der Waals surface area contributed by atoms with Gasteiger partial charge < -0.3 is 5.32 Å². The Bertz CT molecular complexity index is 1460. The molecule has 0 aliphatic carbocycles. The fourth-order valence-corrected chi connectivity index (χ4v) is 7.21. The molecule has 0 unspecified atom stereocenters. The van der Waals surface area contributed by atoms with Crippen LogP contribution in [0.25, 0.3) is 10.8 Å². The summed E-state index contributed by atoms with van der Waals surface area (Å²) in [5, 5.41) is 4.07.